The van der Waals surface area contributed by atoms with Crippen molar-refractivity contribution in [2.45, 2.75) is 26.7 Å². The molecule has 1 aromatic rings. The molecule has 0 amide bonds. The van der Waals surface area contributed by atoms with Gasteiger partial charge in [-0.2, -0.15) is 0 Å². The lowest BCUT2D eigenvalue weighted by molar-refractivity contribution is -0.140. The minimum atomic E-state index is -0.670. The fourth-order valence-corrected chi connectivity index (χ4v) is 1.10. The Balaban J connectivity index is 0.00000106. The Hall–Kier alpha value is -1.58. The van der Waals surface area contributed by atoms with E-state index < -0.39 is 17.5 Å². The third-order valence-electron chi connectivity index (χ3n) is 1.88. The molecule has 0 aliphatic carbocycles. The van der Waals surface area contributed by atoms with Crippen LogP contribution in [0.25, 0.3) is 0 Å². The highest BCUT2D eigenvalue weighted by atomic mass is 19.1. The number of phenolic OH excluding ortho intramolecular Hbond substituents is 1. The summed E-state index contributed by atoms with van der Waals surface area (Å²) in [6.07, 6.45) is 0.337. The summed E-state index contributed by atoms with van der Waals surface area (Å²) in [5, 5.41) is 9.03. The lowest BCUT2D eigenvalue weighted by Crippen LogP contribution is -2.03. The fourth-order valence-electron chi connectivity index (χ4n) is 1.10. The summed E-state index contributed by atoms with van der Waals surface area (Å²) in [6.45, 7) is 4.00. The molecule has 3 nitrogen and oxygen atoms in total. The molecule has 1 aromatic carbocycles. The predicted molar refractivity (Wildman–Crippen MR) is 59.7 cm³/mol. The Kier molecular flexibility index (Phi) is 6.92. The molecule has 90 valence electrons. The topological polar surface area (TPSA) is 46.5 Å². The Labute approximate surface area is 94.9 Å². The van der Waals surface area contributed by atoms with Gasteiger partial charge in [0, 0.05) is 6.42 Å². The lowest BCUT2D eigenvalue weighted by Gasteiger charge is -2.03. The minimum Gasteiger partial charge on any atom is -0.505 e. The molecule has 0 bridgehead atoms. The van der Waals surface area contributed by atoms with Crippen molar-refractivity contribution in [3.63, 3.8) is 0 Å². The number of ether oxygens (including phenoxy) is 1. The Bertz CT molecular complexity index is 337. The highest BCUT2D eigenvalue weighted by Crippen LogP contribution is 2.19. The van der Waals surface area contributed by atoms with Crippen molar-refractivity contribution in [1.29, 1.82) is 0 Å². The van der Waals surface area contributed by atoms with Gasteiger partial charge in [-0.25, -0.2) is 4.39 Å². The zero-order chi connectivity index (χ0) is 12.6. The summed E-state index contributed by atoms with van der Waals surface area (Å²) in [7, 11) is 1.28. The van der Waals surface area contributed by atoms with Gasteiger partial charge in [0.1, 0.15) is 0 Å². The first-order chi connectivity index (χ1) is 7.65. The molecular weight excluding hydrogens is 211 g/mol. The maximum Gasteiger partial charge on any atom is 0.305 e. The first kappa shape index (κ1) is 14.4. The normalized spacial score (nSPS) is 9.00. The number of benzene rings is 1. The van der Waals surface area contributed by atoms with Gasteiger partial charge in [-0.15, -0.1) is 0 Å². The molecule has 0 unspecified atom stereocenters. The third kappa shape index (κ3) is 4.29. The van der Waals surface area contributed by atoms with Crippen LogP contribution in [0.1, 0.15) is 25.8 Å². The highest BCUT2D eigenvalue weighted by Gasteiger charge is 2.08. The Morgan fingerprint density at radius 2 is 2.06 bits per heavy atom. The molecular formula is C12H17FO3. The van der Waals surface area contributed by atoms with Crippen LogP contribution in [0.2, 0.25) is 0 Å². The van der Waals surface area contributed by atoms with E-state index in [0.717, 1.165) is 0 Å². The highest BCUT2D eigenvalue weighted by molar-refractivity contribution is 5.69. The van der Waals surface area contributed by atoms with Gasteiger partial charge in [-0.05, 0) is 18.1 Å². The average Bonchev–Trinajstić information content (AvgIpc) is 2.33. The second-order valence-corrected chi connectivity index (χ2v) is 2.83. The lowest BCUT2D eigenvalue weighted by atomic mass is 10.1. The van der Waals surface area contributed by atoms with Crippen molar-refractivity contribution >= 4 is 5.97 Å². The molecule has 0 saturated heterocycles. The molecule has 4 heteroatoms. The number of halogens is 1. The van der Waals surface area contributed by atoms with Gasteiger partial charge in [0.05, 0.1) is 7.11 Å². The zero-order valence-electron chi connectivity index (χ0n) is 9.79. The van der Waals surface area contributed by atoms with Crippen LogP contribution in [0.3, 0.4) is 0 Å². The number of carbonyl (C=O) groups is 1. The van der Waals surface area contributed by atoms with Crippen LogP contribution in [0, 0.1) is 5.82 Å². The molecule has 0 saturated carbocycles. The van der Waals surface area contributed by atoms with E-state index >= 15 is 0 Å². The first-order valence-corrected chi connectivity index (χ1v) is 5.18. The van der Waals surface area contributed by atoms with Crippen LogP contribution in [-0.4, -0.2) is 18.2 Å². The molecule has 1 N–H and O–H groups in total. The first-order valence-electron chi connectivity index (χ1n) is 5.18. The second kappa shape index (κ2) is 7.68. The van der Waals surface area contributed by atoms with Crippen LogP contribution in [0.4, 0.5) is 4.39 Å². The van der Waals surface area contributed by atoms with E-state index in [0.29, 0.717) is 5.56 Å². The molecule has 0 aliphatic heterocycles. The standard InChI is InChI=1S/C10H11FO3.C2H6/c1-14-9(13)6-5-7-3-2-4-8(12)10(7)11;1-2/h2-4,12H,5-6H2,1H3;1-2H3. The number of aryl methyl sites for hydroxylation is 1. The van der Waals surface area contributed by atoms with Crippen molar-refractivity contribution in [2.24, 2.45) is 0 Å². The third-order valence-corrected chi connectivity index (χ3v) is 1.88. The number of hydrogen-bond donors (Lipinski definition) is 1. The summed E-state index contributed by atoms with van der Waals surface area (Å²) in [4.78, 5) is 10.8. The van der Waals surface area contributed by atoms with E-state index in [1.165, 1.54) is 25.3 Å². The molecule has 0 fully saturated rings. The summed E-state index contributed by atoms with van der Waals surface area (Å²) >= 11 is 0. The van der Waals surface area contributed by atoms with Crippen molar-refractivity contribution in [3.8, 4) is 5.75 Å². The van der Waals surface area contributed by atoms with Gasteiger partial charge in [0.15, 0.2) is 11.6 Å². The smallest absolute Gasteiger partial charge is 0.305 e. The van der Waals surface area contributed by atoms with Crippen molar-refractivity contribution in [2.75, 3.05) is 7.11 Å². The van der Waals surface area contributed by atoms with E-state index in [9.17, 15) is 9.18 Å². The zero-order valence-corrected chi connectivity index (χ0v) is 9.79. The number of methoxy groups -OCH3 is 1. The predicted octanol–water partition coefficient (Wildman–Crippen LogP) is 2.66. The maximum absolute atomic E-state index is 13.2. The van der Waals surface area contributed by atoms with Crippen LogP contribution in [0.5, 0.6) is 5.75 Å². The quantitative estimate of drug-likeness (QED) is 0.809. The molecule has 0 radical (unpaired) electrons. The van der Waals surface area contributed by atoms with Crippen molar-refractivity contribution in [1.82, 2.24) is 0 Å². The maximum atomic E-state index is 13.2. The average molecular weight is 228 g/mol. The van der Waals surface area contributed by atoms with Gasteiger partial charge in [0.25, 0.3) is 0 Å². The number of esters is 1. The van der Waals surface area contributed by atoms with E-state index in [1.54, 1.807) is 0 Å². The van der Waals surface area contributed by atoms with Crippen molar-refractivity contribution < 1.29 is 19.0 Å². The second-order valence-electron chi connectivity index (χ2n) is 2.83. The van der Waals surface area contributed by atoms with Gasteiger partial charge in [-0.1, -0.05) is 26.0 Å². The van der Waals surface area contributed by atoms with E-state index in [2.05, 4.69) is 4.74 Å². The van der Waals surface area contributed by atoms with E-state index in [-0.39, 0.29) is 12.8 Å². The van der Waals surface area contributed by atoms with Crippen molar-refractivity contribution in [3.05, 3.63) is 29.6 Å². The number of rotatable bonds is 3. The minimum absolute atomic E-state index is 0.108. The summed E-state index contributed by atoms with van der Waals surface area (Å²) in [5.74, 6) is -1.46. The number of hydrogen-bond acceptors (Lipinski definition) is 3. The van der Waals surface area contributed by atoms with Gasteiger partial charge in [-0.3, -0.25) is 4.79 Å². The summed E-state index contributed by atoms with van der Waals surface area (Å²) in [6, 6.07) is 4.32. The molecule has 0 atom stereocenters. The Morgan fingerprint density at radius 1 is 1.44 bits per heavy atom. The van der Waals surface area contributed by atoms with Crippen LogP contribution < -0.4 is 0 Å². The van der Waals surface area contributed by atoms with E-state index in [4.69, 9.17) is 5.11 Å². The summed E-state index contributed by atoms with van der Waals surface area (Å²) in [5.41, 5.74) is 0.315. The molecule has 1 rings (SSSR count). The molecule has 0 heterocycles. The van der Waals surface area contributed by atoms with Gasteiger partial charge >= 0.3 is 5.97 Å². The van der Waals surface area contributed by atoms with Crippen LogP contribution in [-0.2, 0) is 16.0 Å². The van der Waals surface area contributed by atoms with Crippen LogP contribution in [0.15, 0.2) is 18.2 Å². The van der Waals surface area contributed by atoms with Crippen LogP contribution >= 0.6 is 0 Å². The molecule has 0 aromatic heterocycles. The SMILES string of the molecule is CC.COC(=O)CCc1cccc(O)c1F. The number of phenols is 1. The molecule has 0 spiro atoms. The number of aromatic hydroxyl groups is 1. The van der Waals surface area contributed by atoms with Gasteiger partial charge in [0.2, 0.25) is 0 Å². The molecule has 0 aliphatic rings. The number of carbonyl (C=O) groups excluding carboxylic acids is 1. The summed E-state index contributed by atoms with van der Waals surface area (Å²) < 4.78 is 17.6. The largest absolute Gasteiger partial charge is 0.505 e. The monoisotopic (exact) mass is 228 g/mol. The van der Waals surface area contributed by atoms with E-state index in [1.807, 2.05) is 13.8 Å². The van der Waals surface area contributed by atoms with Gasteiger partial charge < -0.3 is 9.84 Å². The fraction of sp³-hybridized carbons (Fsp3) is 0.417. The molecule has 16 heavy (non-hydrogen) atoms. The Morgan fingerprint density at radius 3 is 2.62 bits per heavy atom.